The largest absolute Gasteiger partial charge is 0.478 e. The van der Waals surface area contributed by atoms with Crippen LogP contribution in [0.15, 0.2) is 18.2 Å². The number of rotatable bonds is 3. The van der Waals surface area contributed by atoms with Gasteiger partial charge < -0.3 is 10.2 Å². The number of carboxylic acid groups (broad SMARTS) is 2. The molecule has 74 valence electrons. The molecule has 0 aromatic heterocycles. The topological polar surface area (TPSA) is 74.6 Å². The fourth-order valence-corrected chi connectivity index (χ4v) is 1.26. The first-order valence-electron chi connectivity index (χ1n) is 3.71. The van der Waals surface area contributed by atoms with E-state index in [1.54, 1.807) is 0 Å². The van der Waals surface area contributed by atoms with Gasteiger partial charge in [-0.05, 0) is 17.7 Å². The predicted molar refractivity (Wildman–Crippen MR) is 49.9 cm³/mol. The van der Waals surface area contributed by atoms with Crippen molar-refractivity contribution in [2.24, 2.45) is 0 Å². The molecular weight excluding hydrogens is 208 g/mol. The average molecular weight is 215 g/mol. The minimum Gasteiger partial charge on any atom is -0.478 e. The number of carboxylic acids is 2. The van der Waals surface area contributed by atoms with E-state index in [9.17, 15) is 9.59 Å². The number of halogens is 1. The Bertz CT molecular complexity index is 386. The van der Waals surface area contributed by atoms with Gasteiger partial charge in [0.15, 0.2) is 0 Å². The molecule has 0 saturated carbocycles. The molecule has 0 aliphatic rings. The summed E-state index contributed by atoms with van der Waals surface area (Å²) in [4.78, 5) is 21.3. The molecule has 0 fully saturated rings. The van der Waals surface area contributed by atoms with Crippen molar-refractivity contribution in [3.05, 3.63) is 34.9 Å². The van der Waals surface area contributed by atoms with Gasteiger partial charge >= 0.3 is 11.9 Å². The van der Waals surface area contributed by atoms with Crippen LogP contribution in [0.4, 0.5) is 0 Å². The highest BCUT2D eigenvalue weighted by molar-refractivity contribution is 6.17. The molecule has 0 aliphatic carbocycles. The Labute approximate surface area is 84.7 Å². The lowest BCUT2D eigenvalue weighted by atomic mass is 10.1. The number of alkyl halides is 1. The molecule has 2 N–H and O–H groups in total. The standard InChI is InChI=1S/C9H7ClO4/c10-4-6-2-1-5(8(11)12)3-7(6)9(13)14/h1-3H,4H2,(H,11,12)(H,13,14). The van der Waals surface area contributed by atoms with E-state index >= 15 is 0 Å². The molecule has 0 unspecified atom stereocenters. The van der Waals surface area contributed by atoms with Crippen LogP contribution >= 0.6 is 11.6 Å². The second-order valence-corrected chi connectivity index (χ2v) is 2.88. The van der Waals surface area contributed by atoms with Gasteiger partial charge in [0.1, 0.15) is 0 Å². The zero-order valence-corrected chi connectivity index (χ0v) is 7.78. The molecule has 1 aromatic rings. The van der Waals surface area contributed by atoms with Gasteiger partial charge in [-0.15, -0.1) is 11.6 Å². The van der Waals surface area contributed by atoms with Crippen LogP contribution in [-0.4, -0.2) is 22.2 Å². The Morgan fingerprint density at radius 3 is 2.29 bits per heavy atom. The molecule has 0 spiro atoms. The second-order valence-electron chi connectivity index (χ2n) is 2.62. The molecule has 0 amide bonds. The number of hydrogen-bond acceptors (Lipinski definition) is 2. The third-order valence-electron chi connectivity index (χ3n) is 1.73. The Morgan fingerprint density at radius 1 is 1.21 bits per heavy atom. The molecule has 5 heteroatoms. The maximum absolute atomic E-state index is 10.7. The van der Waals surface area contributed by atoms with Gasteiger partial charge in [-0.2, -0.15) is 0 Å². The number of carbonyl (C=O) groups is 2. The van der Waals surface area contributed by atoms with Crippen molar-refractivity contribution in [2.45, 2.75) is 5.88 Å². The maximum atomic E-state index is 10.7. The summed E-state index contributed by atoms with van der Waals surface area (Å²) >= 11 is 5.50. The Balaban J connectivity index is 3.27. The van der Waals surface area contributed by atoms with Crippen molar-refractivity contribution >= 4 is 23.5 Å². The molecule has 1 aromatic carbocycles. The van der Waals surface area contributed by atoms with Gasteiger partial charge in [-0.3, -0.25) is 0 Å². The number of aromatic carboxylic acids is 2. The van der Waals surface area contributed by atoms with Crippen LogP contribution < -0.4 is 0 Å². The summed E-state index contributed by atoms with van der Waals surface area (Å²) in [7, 11) is 0. The third kappa shape index (κ3) is 2.03. The van der Waals surface area contributed by atoms with E-state index in [1.807, 2.05) is 0 Å². The van der Waals surface area contributed by atoms with Crippen LogP contribution in [0, 0.1) is 0 Å². The summed E-state index contributed by atoms with van der Waals surface area (Å²) in [6, 6.07) is 3.83. The highest BCUT2D eigenvalue weighted by atomic mass is 35.5. The van der Waals surface area contributed by atoms with Crippen molar-refractivity contribution in [1.82, 2.24) is 0 Å². The summed E-state index contributed by atoms with van der Waals surface area (Å²) < 4.78 is 0. The first kappa shape index (κ1) is 10.5. The Morgan fingerprint density at radius 2 is 1.86 bits per heavy atom. The first-order valence-corrected chi connectivity index (χ1v) is 4.25. The molecular formula is C9H7ClO4. The van der Waals surface area contributed by atoms with Crippen molar-refractivity contribution in [2.75, 3.05) is 0 Å². The molecule has 0 heterocycles. The monoisotopic (exact) mass is 214 g/mol. The number of benzene rings is 1. The summed E-state index contributed by atoms with van der Waals surface area (Å²) in [6.45, 7) is 0. The Kier molecular flexibility index (Phi) is 3.09. The normalized spacial score (nSPS) is 9.79. The zero-order chi connectivity index (χ0) is 10.7. The second kappa shape index (κ2) is 4.11. The van der Waals surface area contributed by atoms with E-state index in [2.05, 4.69) is 0 Å². The quantitative estimate of drug-likeness (QED) is 0.753. The maximum Gasteiger partial charge on any atom is 0.336 e. The van der Waals surface area contributed by atoms with Crippen LogP contribution in [0.25, 0.3) is 0 Å². The Hall–Kier alpha value is -1.55. The molecule has 1 rings (SSSR count). The van der Waals surface area contributed by atoms with E-state index in [0.29, 0.717) is 5.56 Å². The first-order chi connectivity index (χ1) is 6.56. The van der Waals surface area contributed by atoms with Crippen molar-refractivity contribution < 1.29 is 19.8 Å². The summed E-state index contributed by atoms with van der Waals surface area (Å²) in [6.07, 6.45) is 0. The molecule has 4 nitrogen and oxygen atoms in total. The van der Waals surface area contributed by atoms with Crippen LogP contribution in [0.5, 0.6) is 0 Å². The highest BCUT2D eigenvalue weighted by Crippen LogP contribution is 2.14. The fraction of sp³-hybridized carbons (Fsp3) is 0.111. The lowest BCUT2D eigenvalue weighted by molar-refractivity contribution is 0.0695. The van der Waals surface area contributed by atoms with E-state index in [-0.39, 0.29) is 17.0 Å². The van der Waals surface area contributed by atoms with Crippen LogP contribution in [-0.2, 0) is 5.88 Å². The molecule has 0 saturated heterocycles. The molecule has 0 bridgehead atoms. The smallest absolute Gasteiger partial charge is 0.336 e. The van der Waals surface area contributed by atoms with E-state index in [4.69, 9.17) is 21.8 Å². The third-order valence-corrected chi connectivity index (χ3v) is 2.02. The van der Waals surface area contributed by atoms with Crippen molar-refractivity contribution in [3.63, 3.8) is 0 Å². The lowest BCUT2D eigenvalue weighted by Gasteiger charge is -2.03. The van der Waals surface area contributed by atoms with E-state index < -0.39 is 11.9 Å². The molecule has 0 aliphatic heterocycles. The van der Waals surface area contributed by atoms with Gasteiger partial charge in [0, 0.05) is 5.88 Å². The van der Waals surface area contributed by atoms with Gasteiger partial charge in [-0.25, -0.2) is 9.59 Å². The average Bonchev–Trinajstić information content (AvgIpc) is 2.16. The van der Waals surface area contributed by atoms with Crippen LogP contribution in [0.2, 0.25) is 0 Å². The number of hydrogen-bond donors (Lipinski definition) is 2. The minimum atomic E-state index is -1.18. The summed E-state index contributed by atoms with van der Waals surface area (Å²) in [5.41, 5.74) is 0.278. The molecule has 0 atom stereocenters. The summed E-state index contributed by atoms with van der Waals surface area (Å²) in [5, 5.41) is 17.4. The van der Waals surface area contributed by atoms with Gasteiger partial charge in [0.2, 0.25) is 0 Å². The minimum absolute atomic E-state index is 0.0432. The molecule has 14 heavy (non-hydrogen) atoms. The SMILES string of the molecule is O=C(O)c1ccc(CCl)c(C(=O)O)c1. The zero-order valence-electron chi connectivity index (χ0n) is 7.03. The van der Waals surface area contributed by atoms with Crippen molar-refractivity contribution in [3.8, 4) is 0 Å². The van der Waals surface area contributed by atoms with Crippen LogP contribution in [0.1, 0.15) is 26.3 Å². The van der Waals surface area contributed by atoms with Gasteiger partial charge in [0.25, 0.3) is 0 Å². The van der Waals surface area contributed by atoms with Gasteiger partial charge in [0.05, 0.1) is 11.1 Å². The van der Waals surface area contributed by atoms with Gasteiger partial charge in [-0.1, -0.05) is 6.07 Å². The van der Waals surface area contributed by atoms with Crippen molar-refractivity contribution in [1.29, 1.82) is 0 Å². The summed E-state index contributed by atoms with van der Waals surface area (Å²) in [5.74, 6) is -2.29. The lowest BCUT2D eigenvalue weighted by Crippen LogP contribution is -2.05. The predicted octanol–water partition coefficient (Wildman–Crippen LogP) is 1.82. The van der Waals surface area contributed by atoms with E-state index in [0.717, 1.165) is 6.07 Å². The molecule has 0 radical (unpaired) electrons. The van der Waals surface area contributed by atoms with E-state index in [1.165, 1.54) is 12.1 Å². The highest BCUT2D eigenvalue weighted by Gasteiger charge is 2.12. The fourth-order valence-electron chi connectivity index (χ4n) is 1.03. The van der Waals surface area contributed by atoms with Crippen LogP contribution in [0.3, 0.4) is 0 Å².